The average Bonchev–Trinajstić information content (AvgIpc) is 2.89. The van der Waals surface area contributed by atoms with E-state index >= 15 is 0 Å². The van der Waals surface area contributed by atoms with Crippen molar-refractivity contribution in [2.24, 2.45) is 0 Å². The SMILES string of the molecule is Cc1cc(NCCc2nc3c(s2)CCCC3)c(C#N)c(C)n1. The molecular formula is C17H20N4S. The fourth-order valence-corrected chi connectivity index (χ4v) is 4.08. The van der Waals surface area contributed by atoms with Crippen molar-refractivity contribution in [3.05, 3.63) is 38.6 Å². The number of aryl methyl sites for hydroxylation is 4. The summed E-state index contributed by atoms with van der Waals surface area (Å²) >= 11 is 1.86. The van der Waals surface area contributed by atoms with Crippen LogP contribution in [-0.2, 0) is 19.3 Å². The molecule has 1 aliphatic rings. The van der Waals surface area contributed by atoms with Crippen LogP contribution >= 0.6 is 11.3 Å². The topological polar surface area (TPSA) is 61.6 Å². The molecule has 2 aromatic rings. The minimum Gasteiger partial charge on any atom is -0.383 e. The number of aromatic nitrogens is 2. The number of hydrogen-bond acceptors (Lipinski definition) is 5. The molecule has 0 aromatic carbocycles. The number of pyridine rings is 1. The van der Waals surface area contributed by atoms with Gasteiger partial charge < -0.3 is 5.32 Å². The van der Waals surface area contributed by atoms with E-state index < -0.39 is 0 Å². The van der Waals surface area contributed by atoms with Gasteiger partial charge in [-0.25, -0.2) is 4.98 Å². The van der Waals surface area contributed by atoms with Gasteiger partial charge in [0.25, 0.3) is 0 Å². The minimum atomic E-state index is 0.643. The molecule has 114 valence electrons. The third-order valence-corrected chi connectivity index (χ3v) is 5.20. The maximum atomic E-state index is 9.28. The van der Waals surface area contributed by atoms with E-state index in [0.29, 0.717) is 5.56 Å². The summed E-state index contributed by atoms with van der Waals surface area (Å²) in [5, 5.41) is 13.9. The molecule has 0 amide bonds. The van der Waals surface area contributed by atoms with Gasteiger partial charge >= 0.3 is 0 Å². The quantitative estimate of drug-likeness (QED) is 0.937. The zero-order valence-electron chi connectivity index (χ0n) is 13.1. The van der Waals surface area contributed by atoms with Gasteiger partial charge in [0, 0.05) is 23.5 Å². The van der Waals surface area contributed by atoms with Crippen LogP contribution in [0.15, 0.2) is 6.07 Å². The van der Waals surface area contributed by atoms with E-state index in [0.717, 1.165) is 36.5 Å². The first-order valence-corrected chi connectivity index (χ1v) is 8.58. The summed E-state index contributed by atoms with van der Waals surface area (Å²) in [7, 11) is 0. The smallest absolute Gasteiger partial charge is 0.103 e. The second-order valence-corrected chi connectivity index (χ2v) is 6.91. The molecule has 0 unspecified atom stereocenters. The Kier molecular flexibility index (Phi) is 4.39. The summed E-state index contributed by atoms with van der Waals surface area (Å²) in [5.74, 6) is 0. The molecule has 22 heavy (non-hydrogen) atoms. The van der Waals surface area contributed by atoms with Crippen LogP contribution in [-0.4, -0.2) is 16.5 Å². The highest BCUT2D eigenvalue weighted by Gasteiger charge is 2.15. The summed E-state index contributed by atoms with van der Waals surface area (Å²) in [4.78, 5) is 10.6. The lowest BCUT2D eigenvalue weighted by Crippen LogP contribution is -2.08. The normalized spacial score (nSPS) is 13.5. The Hall–Kier alpha value is -1.93. The maximum Gasteiger partial charge on any atom is 0.103 e. The van der Waals surface area contributed by atoms with E-state index in [9.17, 15) is 5.26 Å². The zero-order valence-corrected chi connectivity index (χ0v) is 13.9. The number of rotatable bonds is 4. The Morgan fingerprint density at radius 2 is 2.09 bits per heavy atom. The van der Waals surface area contributed by atoms with Gasteiger partial charge in [-0.15, -0.1) is 11.3 Å². The number of fused-ring (bicyclic) bond motifs is 1. The third kappa shape index (κ3) is 3.12. The van der Waals surface area contributed by atoms with Crippen molar-refractivity contribution in [1.82, 2.24) is 9.97 Å². The first kappa shape index (κ1) is 15.0. The van der Waals surface area contributed by atoms with Crippen molar-refractivity contribution in [2.75, 3.05) is 11.9 Å². The van der Waals surface area contributed by atoms with Gasteiger partial charge in [-0.3, -0.25) is 4.98 Å². The monoisotopic (exact) mass is 312 g/mol. The molecule has 0 saturated heterocycles. The standard InChI is InChI=1S/C17H20N4S/c1-11-9-15(13(10-18)12(2)20-11)19-8-7-17-21-14-5-3-4-6-16(14)22-17/h9H,3-8H2,1-2H3,(H,19,20). The largest absolute Gasteiger partial charge is 0.383 e. The van der Waals surface area contributed by atoms with Crippen molar-refractivity contribution in [2.45, 2.75) is 46.0 Å². The molecule has 2 aromatic heterocycles. The third-order valence-electron chi connectivity index (χ3n) is 3.98. The second kappa shape index (κ2) is 6.45. The highest BCUT2D eigenvalue weighted by atomic mass is 32.1. The molecule has 3 rings (SSSR count). The first-order chi connectivity index (χ1) is 10.7. The summed E-state index contributed by atoms with van der Waals surface area (Å²) in [6, 6.07) is 4.18. The number of nitriles is 1. The van der Waals surface area contributed by atoms with Gasteiger partial charge in [-0.2, -0.15) is 5.26 Å². The second-order valence-electron chi connectivity index (χ2n) is 5.74. The van der Waals surface area contributed by atoms with E-state index in [1.165, 1.54) is 34.8 Å². The van der Waals surface area contributed by atoms with Crippen molar-refractivity contribution >= 4 is 17.0 Å². The van der Waals surface area contributed by atoms with Crippen LogP contribution in [0.3, 0.4) is 0 Å². The Morgan fingerprint density at radius 3 is 2.86 bits per heavy atom. The summed E-state index contributed by atoms with van der Waals surface area (Å²) in [6.07, 6.45) is 5.81. The summed E-state index contributed by atoms with van der Waals surface area (Å²) < 4.78 is 0. The van der Waals surface area contributed by atoms with E-state index in [1.807, 2.05) is 31.3 Å². The zero-order chi connectivity index (χ0) is 15.5. The highest BCUT2D eigenvalue weighted by Crippen LogP contribution is 2.27. The van der Waals surface area contributed by atoms with Crippen LogP contribution in [0.4, 0.5) is 5.69 Å². The number of hydrogen-bond donors (Lipinski definition) is 1. The lowest BCUT2D eigenvalue weighted by molar-refractivity contribution is 0.680. The van der Waals surface area contributed by atoms with Crippen molar-refractivity contribution in [1.29, 1.82) is 5.26 Å². The lowest BCUT2D eigenvalue weighted by atomic mass is 10.0. The molecule has 1 aliphatic carbocycles. The van der Waals surface area contributed by atoms with Crippen LogP contribution < -0.4 is 5.32 Å². The molecule has 0 radical (unpaired) electrons. The summed E-state index contributed by atoms with van der Waals surface area (Å²) in [6.45, 7) is 4.63. The van der Waals surface area contributed by atoms with Crippen molar-refractivity contribution < 1.29 is 0 Å². The Bertz CT molecular complexity index is 703. The molecule has 0 fully saturated rings. The average molecular weight is 312 g/mol. The van der Waals surface area contributed by atoms with Gasteiger partial charge in [-0.05, 0) is 45.6 Å². The van der Waals surface area contributed by atoms with E-state index in [-0.39, 0.29) is 0 Å². The van der Waals surface area contributed by atoms with Crippen LogP contribution in [0.5, 0.6) is 0 Å². The van der Waals surface area contributed by atoms with Crippen LogP contribution in [0.2, 0.25) is 0 Å². The van der Waals surface area contributed by atoms with E-state index in [2.05, 4.69) is 16.4 Å². The molecule has 0 atom stereocenters. The minimum absolute atomic E-state index is 0.643. The van der Waals surface area contributed by atoms with Crippen molar-refractivity contribution in [3.63, 3.8) is 0 Å². The molecular weight excluding hydrogens is 292 g/mol. The Labute approximate surface area is 135 Å². The maximum absolute atomic E-state index is 9.28. The predicted molar refractivity (Wildman–Crippen MR) is 89.4 cm³/mol. The molecule has 5 heteroatoms. The number of thiazole rings is 1. The van der Waals surface area contributed by atoms with Gasteiger partial charge in [0.1, 0.15) is 6.07 Å². The van der Waals surface area contributed by atoms with E-state index in [4.69, 9.17) is 4.98 Å². The number of nitrogens with one attached hydrogen (secondary N) is 1. The van der Waals surface area contributed by atoms with Gasteiger partial charge in [0.05, 0.1) is 27.6 Å². The molecule has 0 spiro atoms. The van der Waals surface area contributed by atoms with Gasteiger partial charge in [0.2, 0.25) is 0 Å². The number of nitrogens with zero attached hydrogens (tertiary/aromatic N) is 3. The fraction of sp³-hybridized carbons (Fsp3) is 0.471. The highest BCUT2D eigenvalue weighted by molar-refractivity contribution is 7.11. The van der Waals surface area contributed by atoms with Crippen LogP contribution in [0.1, 0.15) is 45.4 Å². The van der Waals surface area contributed by atoms with Crippen molar-refractivity contribution in [3.8, 4) is 6.07 Å². The molecule has 0 aliphatic heterocycles. The van der Waals surface area contributed by atoms with Crippen LogP contribution in [0, 0.1) is 25.2 Å². The molecule has 0 saturated carbocycles. The molecule has 1 N–H and O–H groups in total. The van der Waals surface area contributed by atoms with Gasteiger partial charge in [-0.1, -0.05) is 0 Å². The Balaban J connectivity index is 1.66. The number of anilines is 1. The first-order valence-electron chi connectivity index (χ1n) is 7.77. The van der Waals surface area contributed by atoms with Crippen LogP contribution in [0.25, 0.3) is 0 Å². The molecule has 2 heterocycles. The molecule has 4 nitrogen and oxygen atoms in total. The summed E-state index contributed by atoms with van der Waals surface area (Å²) in [5.41, 5.74) is 4.57. The fourth-order valence-electron chi connectivity index (χ4n) is 2.93. The lowest BCUT2D eigenvalue weighted by Gasteiger charge is -2.10. The van der Waals surface area contributed by atoms with Gasteiger partial charge in [0.15, 0.2) is 0 Å². The molecule has 0 bridgehead atoms. The Morgan fingerprint density at radius 1 is 1.27 bits per heavy atom. The van der Waals surface area contributed by atoms with E-state index in [1.54, 1.807) is 0 Å². The predicted octanol–water partition coefficient (Wildman–Crippen LogP) is 3.56.